The maximum atomic E-state index is 14.0. The zero-order valence-electron chi connectivity index (χ0n) is 13.5. The Labute approximate surface area is 144 Å². The molecule has 1 fully saturated rings. The minimum absolute atomic E-state index is 0.0703. The van der Waals surface area contributed by atoms with Gasteiger partial charge >= 0.3 is 0 Å². The quantitative estimate of drug-likeness (QED) is 0.791. The van der Waals surface area contributed by atoms with Crippen LogP contribution in [0.15, 0.2) is 48.8 Å². The van der Waals surface area contributed by atoms with Crippen LogP contribution in [0.1, 0.15) is 30.3 Å². The third kappa shape index (κ3) is 2.85. The lowest BCUT2D eigenvalue weighted by molar-refractivity contribution is 0.630. The van der Waals surface area contributed by atoms with Gasteiger partial charge in [-0.2, -0.15) is 5.26 Å². The molecule has 1 aliphatic rings. The number of nitrogens with one attached hydrogen (secondary N) is 1. The summed E-state index contributed by atoms with van der Waals surface area (Å²) in [6.45, 7) is 0.874. The molecule has 4 rings (SSSR count). The van der Waals surface area contributed by atoms with Crippen LogP contribution in [0, 0.1) is 17.1 Å². The molecule has 1 saturated heterocycles. The number of aromatic nitrogens is 3. The third-order valence-corrected chi connectivity index (χ3v) is 4.50. The van der Waals surface area contributed by atoms with Crippen LogP contribution < -0.4 is 4.90 Å². The summed E-state index contributed by atoms with van der Waals surface area (Å²) in [5.74, 6) is 1.36. The lowest BCUT2D eigenvalue weighted by atomic mass is 10.1. The first kappa shape index (κ1) is 15.3. The zero-order valence-corrected chi connectivity index (χ0v) is 13.5. The number of rotatable bonds is 3. The molecule has 0 saturated carbocycles. The number of pyridine rings is 1. The number of halogens is 1. The van der Waals surface area contributed by atoms with E-state index in [-0.39, 0.29) is 11.9 Å². The molecule has 6 heteroatoms. The summed E-state index contributed by atoms with van der Waals surface area (Å²) in [4.78, 5) is 14.3. The van der Waals surface area contributed by atoms with Crippen LogP contribution in [0.5, 0.6) is 0 Å². The number of aromatic amines is 1. The highest BCUT2D eigenvalue weighted by Crippen LogP contribution is 2.34. The standard InChI is InChI=1S/C19H16FN5/c20-15-5-2-1-4-14(15)16-12-23-19(24-16)17-6-3-9-25(17)18-8-7-13(10-21)11-22-18/h1-2,4-5,7-8,11-12,17H,3,6,9H2,(H,23,24)/t17-/m1/s1. The monoisotopic (exact) mass is 333 g/mol. The second kappa shape index (κ2) is 6.36. The Morgan fingerprint density at radius 3 is 2.80 bits per heavy atom. The molecule has 0 spiro atoms. The highest BCUT2D eigenvalue weighted by Gasteiger charge is 2.29. The molecule has 0 unspecified atom stereocenters. The van der Waals surface area contributed by atoms with Crippen LogP contribution in [0.25, 0.3) is 11.3 Å². The summed E-state index contributed by atoms with van der Waals surface area (Å²) in [5, 5.41) is 8.91. The van der Waals surface area contributed by atoms with Crippen LogP contribution >= 0.6 is 0 Å². The fourth-order valence-corrected chi connectivity index (χ4v) is 3.27. The van der Waals surface area contributed by atoms with Crippen molar-refractivity contribution >= 4 is 5.82 Å². The Bertz CT molecular complexity index is 925. The molecule has 1 atom stereocenters. The Balaban J connectivity index is 1.63. The molecule has 3 aromatic rings. The molecule has 0 aliphatic carbocycles. The van der Waals surface area contributed by atoms with Gasteiger partial charge in [-0.25, -0.2) is 14.4 Å². The SMILES string of the molecule is N#Cc1ccc(N2CCC[C@@H]2c2ncc(-c3ccccc3F)[nH]2)nc1. The average Bonchev–Trinajstić information content (AvgIpc) is 3.31. The van der Waals surface area contributed by atoms with Crippen molar-refractivity contribution in [3.8, 4) is 17.3 Å². The average molecular weight is 333 g/mol. The molecule has 0 radical (unpaired) electrons. The molecule has 2 aromatic heterocycles. The van der Waals surface area contributed by atoms with Gasteiger partial charge in [0.15, 0.2) is 0 Å². The molecule has 0 amide bonds. The summed E-state index contributed by atoms with van der Waals surface area (Å²) < 4.78 is 14.0. The summed E-state index contributed by atoms with van der Waals surface area (Å²) >= 11 is 0. The predicted octanol–water partition coefficient (Wildman–Crippen LogP) is 3.82. The summed E-state index contributed by atoms with van der Waals surface area (Å²) in [6, 6.07) is 12.4. The number of hydrogen-bond acceptors (Lipinski definition) is 4. The van der Waals surface area contributed by atoms with Crippen molar-refractivity contribution in [3.05, 3.63) is 66.0 Å². The van der Waals surface area contributed by atoms with E-state index in [0.29, 0.717) is 16.8 Å². The first-order valence-electron chi connectivity index (χ1n) is 8.19. The van der Waals surface area contributed by atoms with Crippen molar-refractivity contribution in [1.29, 1.82) is 5.26 Å². The van der Waals surface area contributed by atoms with Crippen LogP contribution in [0.4, 0.5) is 10.2 Å². The van der Waals surface area contributed by atoms with Crippen LogP contribution in [0.2, 0.25) is 0 Å². The number of benzene rings is 1. The molecule has 124 valence electrons. The van der Waals surface area contributed by atoms with Crippen LogP contribution in [-0.4, -0.2) is 21.5 Å². The van der Waals surface area contributed by atoms with E-state index in [1.54, 1.807) is 30.6 Å². The van der Waals surface area contributed by atoms with Crippen molar-refractivity contribution in [1.82, 2.24) is 15.0 Å². The van der Waals surface area contributed by atoms with Gasteiger partial charge in [-0.05, 0) is 37.1 Å². The molecule has 3 heterocycles. The van der Waals surface area contributed by atoms with E-state index < -0.39 is 0 Å². The number of H-pyrrole nitrogens is 1. The van der Waals surface area contributed by atoms with Gasteiger partial charge in [0.2, 0.25) is 0 Å². The van der Waals surface area contributed by atoms with Crippen molar-refractivity contribution in [3.63, 3.8) is 0 Å². The minimum Gasteiger partial charge on any atom is -0.346 e. The van der Waals surface area contributed by atoms with Gasteiger partial charge in [-0.15, -0.1) is 0 Å². The number of nitrogens with zero attached hydrogens (tertiary/aromatic N) is 4. The Hall–Kier alpha value is -3.20. The van der Waals surface area contributed by atoms with Crippen LogP contribution in [0.3, 0.4) is 0 Å². The molecule has 0 bridgehead atoms. The first-order chi connectivity index (χ1) is 12.3. The topological polar surface area (TPSA) is 68.6 Å². The van der Waals surface area contributed by atoms with Gasteiger partial charge in [-0.3, -0.25) is 0 Å². The fraction of sp³-hybridized carbons (Fsp3) is 0.211. The second-order valence-corrected chi connectivity index (χ2v) is 6.03. The van der Waals surface area contributed by atoms with Gasteiger partial charge < -0.3 is 9.88 Å². The normalized spacial score (nSPS) is 16.8. The highest BCUT2D eigenvalue weighted by atomic mass is 19.1. The van der Waals surface area contributed by atoms with E-state index >= 15 is 0 Å². The smallest absolute Gasteiger partial charge is 0.132 e. The predicted molar refractivity (Wildman–Crippen MR) is 92.3 cm³/mol. The van der Waals surface area contributed by atoms with Gasteiger partial charge in [-0.1, -0.05) is 12.1 Å². The van der Waals surface area contributed by atoms with E-state index in [0.717, 1.165) is 31.0 Å². The Morgan fingerprint density at radius 2 is 2.04 bits per heavy atom. The number of nitriles is 1. The zero-order chi connectivity index (χ0) is 17.2. The third-order valence-electron chi connectivity index (χ3n) is 4.50. The molecule has 1 aliphatic heterocycles. The van der Waals surface area contributed by atoms with Gasteiger partial charge in [0.05, 0.1) is 23.5 Å². The number of imidazole rings is 1. The first-order valence-corrected chi connectivity index (χ1v) is 8.19. The number of hydrogen-bond donors (Lipinski definition) is 1. The van der Waals surface area contributed by atoms with E-state index in [9.17, 15) is 4.39 Å². The molecule has 5 nitrogen and oxygen atoms in total. The molecule has 1 aromatic carbocycles. The fourth-order valence-electron chi connectivity index (χ4n) is 3.27. The molecule has 25 heavy (non-hydrogen) atoms. The van der Waals surface area contributed by atoms with E-state index in [4.69, 9.17) is 5.26 Å². The summed E-state index contributed by atoms with van der Waals surface area (Å²) in [6.07, 6.45) is 5.24. The maximum absolute atomic E-state index is 14.0. The van der Waals surface area contributed by atoms with Crippen molar-refractivity contribution in [2.75, 3.05) is 11.4 Å². The molecular formula is C19H16FN5. The van der Waals surface area contributed by atoms with Crippen molar-refractivity contribution in [2.24, 2.45) is 0 Å². The second-order valence-electron chi connectivity index (χ2n) is 6.03. The lowest BCUT2D eigenvalue weighted by Crippen LogP contribution is -2.24. The van der Waals surface area contributed by atoms with Gasteiger partial charge in [0.1, 0.15) is 23.5 Å². The lowest BCUT2D eigenvalue weighted by Gasteiger charge is -2.24. The van der Waals surface area contributed by atoms with Crippen molar-refractivity contribution in [2.45, 2.75) is 18.9 Å². The Kier molecular flexibility index (Phi) is 3.90. The van der Waals surface area contributed by atoms with Gasteiger partial charge in [0.25, 0.3) is 0 Å². The summed E-state index contributed by atoms with van der Waals surface area (Å²) in [5.41, 5.74) is 1.73. The van der Waals surface area contributed by atoms with Crippen molar-refractivity contribution < 1.29 is 4.39 Å². The van der Waals surface area contributed by atoms with E-state index in [1.165, 1.54) is 6.07 Å². The minimum atomic E-state index is -0.269. The summed E-state index contributed by atoms with van der Waals surface area (Å²) in [7, 11) is 0. The largest absolute Gasteiger partial charge is 0.346 e. The Morgan fingerprint density at radius 1 is 1.16 bits per heavy atom. The van der Waals surface area contributed by atoms with E-state index in [2.05, 4.69) is 25.9 Å². The van der Waals surface area contributed by atoms with Crippen LogP contribution in [-0.2, 0) is 0 Å². The molecular weight excluding hydrogens is 317 g/mol. The number of anilines is 1. The maximum Gasteiger partial charge on any atom is 0.132 e. The highest BCUT2D eigenvalue weighted by molar-refractivity contribution is 5.59. The van der Waals surface area contributed by atoms with Gasteiger partial charge in [0, 0.05) is 18.3 Å². The van der Waals surface area contributed by atoms with E-state index in [1.807, 2.05) is 12.1 Å². The molecule has 1 N–H and O–H groups in total.